The third-order valence-electron chi connectivity index (χ3n) is 4.10. The van der Waals surface area contributed by atoms with Crippen LogP contribution in [0.2, 0.25) is 0 Å². The lowest BCUT2D eigenvalue weighted by Crippen LogP contribution is -2.11. The van der Waals surface area contributed by atoms with E-state index in [0.717, 1.165) is 16.8 Å². The number of amides is 1. The van der Waals surface area contributed by atoms with Gasteiger partial charge in [-0.25, -0.2) is 4.98 Å². The van der Waals surface area contributed by atoms with Crippen molar-refractivity contribution in [2.24, 2.45) is 0 Å². The molecule has 0 atom stereocenters. The van der Waals surface area contributed by atoms with E-state index in [1.54, 1.807) is 24.3 Å². The molecular formula is C20H17N3OS. The molecule has 0 unspecified atom stereocenters. The molecule has 0 radical (unpaired) electrons. The predicted molar refractivity (Wildman–Crippen MR) is 101 cm³/mol. The lowest BCUT2D eigenvalue weighted by Gasteiger charge is -2.07. The fourth-order valence-corrected chi connectivity index (χ4v) is 3.30. The molecule has 2 aromatic carbocycles. The SMILES string of the molecule is Cc1cc(C)c(-c2csc(NC(=O)c3cccc(C#N)c3)n2)cc1C. The van der Waals surface area contributed by atoms with Crippen LogP contribution in [0.4, 0.5) is 5.13 Å². The molecule has 5 heteroatoms. The average Bonchev–Trinajstić information content (AvgIpc) is 3.06. The fourth-order valence-electron chi connectivity index (χ4n) is 2.59. The standard InChI is InChI=1S/C20H17N3OS/c1-12-7-14(3)17(8-13(12)2)18-11-25-20(22-18)23-19(24)16-6-4-5-15(9-16)10-21/h4-9,11H,1-3H3,(H,22,23,24). The van der Waals surface area contributed by atoms with Crippen molar-refractivity contribution >= 4 is 22.4 Å². The first-order valence-electron chi connectivity index (χ1n) is 7.83. The molecular weight excluding hydrogens is 330 g/mol. The van der Waals surface area contributed by atoms with Crippen LogP contribution in [0, 0.1) is 32.1 Å². The number of thiazole rings is 1. The van der Waals surface area contributed by atoms with E-state index < -0.39 is 0 Å². The minimum absolute atomic E-state index is 0.269. The zero-order valence-electron chi connectivity index (χ0n) is 14.3. The van der Waals surface area contributed by atoms with Crippen molar-refractivity contribution in [1.82, 2.24) is 4.98 Å². The normalized spacial score (nSPS) is 10.3. The lowest BCUT2D eigenvalue weighted by molar-refractivity contribution is 0.102. The third-order valence-corrected chi connectivity index (χ3v) is 4.85. The average molecular weight is 347 g/mol. The maximum atomic E-state index is 12.3. The number of anilines is 1. The van der Waals surface area contributed by atoms with E-state index in [2.05, 4.69) is 43.2 Å². The van der Waals surface area contributed by atoms with Gasteiger partial charge in [-0.1, -0.05) is 12.1 Å². The van der Waals surface area contributed by atoms with E-state index in [-0.39, 0.29) is 5.91 Å². The second kappa shape index (κ2) is 6.88. The van der Waals surface area contributed by atoms with Crippen molar-refractivity contribution in [3.8, 4) is 17.3 Å². The predicted octanol–water partition coefficient (Wildman–Crippen LogP) is 4.86. The number of aryl methyl sites for hydroxylation is 3. The van der Waals surface area contributed by atoms with Gasteiger partial charge in [-0.3, -0.25) is 10.1 Å². The molecule has 0 saturated heterocycles. The summed E-state index contributed by atoms with van der Waals surface area (Å²) in [5.74, 6) is -0.269. The Hall–Kier alpha value is -2.97. The number of carbonyl (C=O) groups excluding carboxylic acids is 1. The molecule has 0 spiro atoms. The number of carbonyl (C=O) groups is 1. The Labute approximate surface area is 150 Å². The van der Waals surface area contributed by atoms with Crippen LogP contribution >= 0.6 is 11.3 Å². The molecule has 25 heavy (non-hydrogen) atoms. The highest BCUT2D eigenvalue weighted by Gasteiger charge is 2.12. The van der Waals surface area contributed by atoms with Gasteiger partial charge in [-0.2, -0.15) is 5.26 Å². The Kier molecular flexibility index (Phi) is 4.64. The Bertz CT molecular complexity index is 998. The summed E-state index contributed by atoms with van der Waals surface area (Å²) >= 11 is 1.39. The maximum Gasteiger partial charge on any atom is 0.257 e. The number of hydrogen-bond acceptors (Lipinski definition) is 4. The second-order valence-electron chi connectivity index (χ2n) is 5.94. The van der Waals surface area contributed by atoms with Crippen molar-refractivity contribution in [2.75, 3.05) is 5.32 Å². The molecule has 0 fully saturated rings. The summed E-state index contributed by atoms with van der Waals surface area (Å²) in [6, 6.07) is 12.9. The van der Waals surface area contributed by atoms with Crippen LogP contribution in [0.3, 0.4) is 0 Å². The molecule has 4 nitrogen and oxygen atoms in total. The minimum atomic E-state index is -0.269. The first-order valence-corrected chi connectivity index (χ1v) is 8.71. The van der Waals surface area contributed by atoms with Crippen LogP contribution in [0.1, 0.15) is 32.6 Å². The molecule has 1 heterocycles. The van der Waals surface area contributed by atoms with Gasteiger partial charge in [0.2, 0.25) is 0 Å². The molecule has 0 aliphatic heterocycles. The summed E-state index contributed by atoms with van der Waals surface area (Å²) in [6.07, 6.45) is 0. The van der Waals surface area contributed by atoms with E-state index in [0.29, 0.717) is 16.3 Å². The third kappa shape index (κ3) is 3.59. The second-order valence-corrected chi connectivity index (χ2v) is 6.79. The van der Waals surface area contributed by atoms with Gasteiger partial charge < -0.3 is 0 Å². The minimum Gasteiger partial charge on any atom is -0.298 e. The van der Waals surface area contributed by atoms with Crippen molar-refractivity contribution < 1.29 is 4.79 Å². The molecule has 1 aromatic heterocycles. The van der Waals surface area contributed by atoms with Crippen molar-refractivity contribution in [1.29, 1.82) is 5.26 Å². The number of aromatic nitrogens is 1. The van der Waals surface area contributed by atoms with E-state index in [1.165, 1.54) is 22.5 Å². The topological polar surface area (TPSA) is 65.8 Å². The highest BCUT2D eigenvalue weighted by atomic mass is 32.1. The van der Waals surface area contributed by atoms with Crippen LogP contribution in [0.15, 0.2) is 41.8 Å². The first-order chi connectivity index (χ1) is 12.0. The van der Waals surface area contributed by atoms with Gasteiger partial charge >= 0.3 is 0 Å². The van der Waals surface area contributed by atoms with Crippen LogP contribution in [-0.4, -0.2) is 10.9 Å². The molecule has 124 valence electrons. The summed E-state index contributed by atoms with van der Waals surface area (Å²) in [4.78, 5) is 16.9. The van der Waals surface area contributed by atoms with Gasteiger partial charge in [-0.05, 0) is 61.7 Å². The zero-order valence-corrected chi connectivity index (χ0v) is 15.1. The number of nitrogens with zero attached hydrogens (tertiary/aromatic N) is 2. The van der Waals surface area contributed by atoms with Crippen LogP contribution in [0.5, 0.6) is 0 Å². The van der Waals surface area contributed by atoms with Gasteiger partial charge in [0.05, 0.1) is 17.3 Å². The Morgan fingerprint density at radius 3 is 2.64 bits per heavy atom. The smallest absolute Gasteiger partial charge is 0.257 e. The molecule has 3 aromatic rings. The van der Waals surface area contributed by atoms with Crippen LogP contribution in [-0.2, 0) is 0 Å². The van der Waals surface area contributed by atoms with Gasteiger partial charge in [0.15, 0.2) is 5.13 Å². The summed E-state index contributed by atoms with van der Waals surface area (Å²) in [5.41, 5.74) is 6.46. The van der Waals surface area contributed by atoms with Crippen LogP contribution in [0.25, 0.3) is 11.3 Å². The lowest BCUT2D eigenvalue weighted by atomic mass is 9.99. The molecule has 0 aliphatic carbocycles. The van der Waals surface area contributed by atoms with Crippen molar-refractivity contribution in [3.63, 3.8) is 0 Å². The van der Waals surface area contributed by atoms with E-state index in [9.17, 15) is 4.79 Å². The Morgan fingerprint density at radius 2 is 1.88 bits per heavy atom. The van der Waals surface area contributed by atoms with Crippen molar-refractivity contribution in [2.45, 2.75) is 20.8 Å². The summed E-state index contributed by atoms with van der Waals surface area (Å²) in [5, 5.41) is 14.2. The highest BCUT2D eigenvalue weighted by Crippen LogP contribution is 2.29. The van der Waals surface area contributed by atoms with E-state index in [4.69, 9.17) is 5.26 Å². The molecule has 3 rings (SSSR count). The fraction of sp³-hybridized carbons (Fsp3) is 0.150. The van der Waals surface area contributed by atoms with Gasteiger partial charge in [0.1, 0.15) is 0 Å². The van der Waals surface area contributed by atoms with Crippen LogP contribution < -0.4 is 5.32 Å². The largest absolute Gasteiger partial charge is 0.298 e. The monoisotopic (exact) mass is 347 g/mol. The highest BCUT2D eigenvalue weighted by molar-refractivity contribution is 7.14. The number of hydrogen-bond donors (Lipinski definition) is 1. The quantitative estimate of drug-likeness (QED) is 0.736. The molecule has 0 bridgehead atoms. The van der Waals surface area contributed by atoms with Gasteiger partial charge in [0.25, 0.3) is 5.91 Å². The maximum absolute atomic E-state index is 12.3. The van der Waals surface area contributed by atoms with Crippen molar-refractivity contribution in [3.05, 3.63) is 69.6 Å². The Morgan fingerprint density at radius 1 is 1.12 bits per heavy atom. The number of nitriles is 1. The summed E-state index contributed by atoms with van der Waals surface area (Å²) in [7, 11) is 0. The zero-order chi connectivity index (χ0) is 18.0. The van der Waals surface area contributed by atoms with E-state index >= 15 is 0 Å². The van der Waals surface area contributed by atoms with Gasteiger partial charge in [0, 0.05) is 16.5 Å². The Balaban J connectivity index is 1.83. The summed E-state index contributed by atoms with van der Waals surface area (Å²) < 4.78 is 0. The molecule has 0 saturated carbocycles. The molecule has 1 N–H and O–H groups in total. The summed E-state index contributed by atoms with van der Waals surface area (Å²) in [6.45, 7) is 6.23. The first kappa shape index (κ1) is 16.9. The number of benzene rings is 2. The number of nitrogens with one attached hydrogen (secondary N) is 1. The van der Waals surface area contributed by atoms with Gasteiger partial charge in [-0.15, -0.1) is 11.3 Å². The molecule has 1 amide bonds. The van der Waals surface area contributed by atoms with E-state index in [1.807, 2.05) is 11.4 Å². The number of rotatable bonds is 3. The molecule has 0 aliphatic rings.